The lowest BCUT2D eigenvalue weighted by Crippen LogP contribution is -2.23. The minimum atomic E-state index is 0.474. The lowest BCUT2D eigenvalue weighted by molar-refractivity contribution is 0.245. The second-order valence-corrected chi connectivity index (χ2v) is 5.62. The van der Waals surface area contributed by atoms with Gasteiger partial charge in [0.05, 0.1) is 5.69 Å². The van der Waals surface area contributed by atoms with Gasteiger partial charge in [-0.3, -0.25) is 9.88 Å². The van der Waals surface area contributed by atoms with Crippen molar-refractivity contribution < 1.29 is 0 Å². The van der Waals surface area contributed by atoms with E-state index in [1.54, 1.807) is 0 Å². The normalized spacial score (nSPS) is 18.9. The quantitative estimate of drug-likeness (QED) is 0.935. The molecule has 0 radical (unpaired) electrons. The van der Waals surface area contributed by atoms with Crippen molar-refractivity contribution in [2.45, 2.75) is 32.4 Å². The van der Waals surface area contributed by atoms with Gasteiger partial charge in [-0.15, -0.1) is 0 Å². The van der Waals surface area contributed by atoms with Crippen LogP contribution in [0.5, 0.6) is 0 Å². The molecule has 0 aromatic carbocycles. The topological polar surface area (TPSA) is 41.0 Å². The van der Waals surface area contributed by atoms with Gasteiger partial charge in [0.15, 0.2) is 0 Å². The van der Waals surface area contributed by atoms with Crippen LogP contribution < -0.4 is 5.32 Å². The summed E-state index contributed by atoms with van der Waals surface area (Å²) in [5.74, 6) is 0.938. The average Bonchev–Trinajstić information content (AvgIpc) is 2.95. The third-order valence-corrected chi connectivity index (χ3v) is 4.10. The molecule has 1 fully saturated rings. The Balaban J connectivity index is 1.78. The maximum atomic E-state index is 4.63. The summed E-state index contributed by atoms with van der Waals surface area (Å²) in [6.45, 7) is 4.11. The van der Waals surface area contributed by atoms with Crippen molar-refractivity contribution in [2.24, 2.45) is 0 Å². The summed E-state index contributed by atoms with van der Waals surface area (Å²) in [5, 5.41) is 3.12. The third-order valence-electron chi connectivity index (χ3n) is 4.10. The number of aryl methyl sites for hydroxylation is 1. The summed E-state index contributed by atoms with van der Waals surface area (Å²) >= 11 is 0. The van der Waals surface area contributed by atoms with Gasteiger partial charge in [0.1, 0.15) is 5.82 Å². The predicted molar refractivity (Wildman–Crippen MR) is 85.1 cm³/mol. The van der Waals surface area contributed by atoms with Crippen LogP contribution in [0.15, 0.2) is 36.5 Å². The van der Waals surface area contributed by atoms with Crippen molar-refractivity contribution in [2.75, 3.05) is 18.9 Å². The molecule has 4 nitrogen and oxygen atoms in total. The van der Waals surface area contributed by atoms with Gasteiger partial charge in [-0.1, -0.05) is 6.07 Å². The molecule has 0 unspecified atom stereocenters. The maximum absolute atomic E-state index is 4.63. The second-order valence-electron chi connectivity index (χ2n) is 5.62. The molecule has 1 N–H and O–H groups in total. The number of nitrogens with one attached hydrogen (secondary N) is 1. The fourth-order valence-electron chi connectivity index (χ4n) is 3.08. The van der Waals surface area contributed by atoms with Crippen molar-refractivity contribution in [3.05, 3.63) is 53.5 Å². The molecule has 3 rings (SSSR count). The largest absolute Gasteiger partial charge is 0.373 e. The highest BCUT2D eigenvalue weighted by molar-refractivity contribution is 5.38. The van der Waals surface area contributed by atoms with Gasteiger partial charge in [-0.05, 0) is 56.1 Å². The van der Waals surface area contributed by atoms with Crippen molar-refractivity contribution >= 4 is 5.82 Å². The lowest BCUT2D eigenvalue weighted by Gasteiger charge is -2.24. The van der Waals surface area contributed by atoms with Crippen LogP contribution in [0.2, 0.25) is 0 Å². The van der Waals surface area contributed by atoms with Gasteiger partial charge >= 0.3 is 0 Å². The van der Waals surface area contributed by atoms with E-state index in [0.717, 1.165) is 30.3 Å². The molecule has 0 saturated carbocycles. The Morgan fingerprint density at radius 1 is 1.33 bits per heavy atom. The Morgan fingerprint density at radius 2 is 2.24 bits per heavy atom. The number of anilines is 1. The molecule has 0 bridgehead atoms. The average molecular weight is 282 g/mol. The van der Waals surface area contributed by atoms with E-state index in [1.807, 2.05) is 26.2 Å². The first kappa shape index (κ1) is 14.0. The molecule has 1 aliphatic rings. The molecule has 0 spiro atoms. The highest BCUT2D eigenvalue weighted by Gasteiger charge is 2.26. The zero-order valence-corrected chi connectivity index (χ0v) is 12.7. The van der Waals surface area contributed by atoms with Crippen LogP contribution in [0.25, 0.3) is 0 Å². The summed E-state index contributed by atoms with van der Waals surface area (Å²) < 4.78 is 0. The van der Waals surface area contributed by atoms with Gasteiger partial charge in [-0.2, -0.15) is 0 Å². The SMILES string of the molecule is CNc1cc([C@@H]2CCCN2Cc2cccc(C)n2)ccn1. The van der Waals surface area contributed by atoms with E-state index in [4.69, 9.17) is 0 Å². The van der Waals surface area contributed by atoms with Crippen LogP contribution in [0.3, 0.4) is 0 Å². The van der Waals surface area contributed by atoms with E-state index in [0.29, 0.717) is 6.04 Å². The summed E-state index contributed by atoms with van der Waals surface area (Å²) in [7, 11) is 1.91. The number of hydrogen-bond acceptors (Lipinski definition) is 4. The molecule has 4 heteroatoms. The standard InChI is InChI=1S/C17H22N4/c1-13-5-3-6-15(20-13)12-21-10-4-7-16(21)14-8-9-19-17(11-14)18-2/h3,5-6,8-9,11,16H,4,7,10,12H2,1-2H3,(H,18,19)/t16-/m0/s1. The zero-order chi connectivity index (χ0) is 14.7. The van der Waals surface area contributed by atoms with Crippen LogP contribution in [0.1, 0.15) is 35.8 Å². The van der Waals surface area contributed by atoms with E-state index in [1.165, 1.54) is 18.4 Å². The van der Waals surface area contributed by atoms with Crippen molar-refractivity contribution in [3.8, 4) is 0 Å². The fraction of sp³-hybridized carbons (Fsp3) is 0.412. The monoisotopic (exact) mass is 282 g/mol. The molecule has 2 aromatic rings. The Bertz CT molecular complexity index is 611. The molecule has 1 saturated heterocycles. The highest BCUT2D eigenvalue weighted by Crippen LogP contribution is 2.33. The van der Waals surface area contributed by atoms with Crippen LogP contribution in [0.4, 0.5) is 5.82 Å². The van der Waals surface area contributed by atoms with Crippen LogP contribution in [-0.2, 0) is 6.54 Å². The first-order chi connectivity index (χ1) is 10.3. The molecule has 0 amide bonds. The molecule has 1 atom stereocenters. The maximum Gasteiger partial charge on any atom is 0.125 e. The van der Waals surface area contributed by atoms with Crippen LogP contribution in [-0.4, -0.2) is 28.5 Å². The minimum absolute atomic E-state index is 0.474. The van der Waals surface area contributed by atoms with Crippen molar-refractivity contribution in [1.29, 1.82) is 0 Å². The molecule has 1 aliphatic heterocycles. The van der Waals surface area contributed by atoms with E-state index in [9.17, 15) is 0 Å². The summed E-state index contributed by atoms with van der Waals surface area (Å²) in [6.07, 6.45) is 4.34. The summed E-state index contributed by atoms with van der Waals surface area (Å²) in [4.78, 5) is 11.5. The third kappa shape index (κ3) is 3.22. The van der Waals surface area contributed by atoms with Gasteiger partial charge in [-0.25, -0.2) is 4.98 Å². The van der Waals surface area contributed by atoms with Crippen LogP contribution >= 0.6 is 0 Å². The van der Waals surface area contributed by atoms with Crippen LogP contribution in [0, 0.1) is 6.92 Å². The Hall–Kier alpha value is -1.94. The smallest absolute Gasteiger partial charge is 0.125 e. The molecule has 21 heavy (non-hydrogen) atoms. The molecular formula is C17H22N4. The number of pyridine rings is 2. The Kier molecular flexibility index (Phi) is 4.15. The van der Waals surface area contributed by atoms with Crippen molar-refractivity contribution in [1.82, 2.24) is 14.9 Å². The molecule has 3 heterocycles. The summed E-state index contributed by atoms with van der Waals surface area (Å²) in [5.41, 5.74) is 3.59. The first-order valence-corrected chi connectivity index (χ1v) is 7.56. The van der Waals surface area contributed by atoms with Gasteiger partial charge < -0.3 is 5.32 Å². The second kappa shape index (κ2) is 6.22. The van der Waals surface area contributed by atoms with E-state index < -0.39 is 0 Å². The number of aromatic nitrogens is 2. The van der Waals surface area contributed by atoms with E-state index in [2.05, 4.69) is 44.5 Å². The number of likely N-dealkylation sites (tertiary alicyclic amines) is 1. The highest BCUT2D eigenvalue weighted by atomic mass is 15.2. The van der Waals surface area contributed by atoms with E-state index >= 15 is 0 Å². The zero-order valence-electron chi connectivity index (χ0n) is 12.7. The Morgan fingerprint density at radius 3 is 3.05 bits per heavy atom. The van der Waals surface area contributed by atoms with Gasteiger partial charge in [0, 0.05) is 31.5 Å². The summed E-state index contributed by atoms with van der Waals surface area (Å²) in [6, 6.07) is 11.0. The van der Waals surface area contributed by atoms with Gasteiger partial charge in [0.2, 0.25) is 0 Å². The first-order valence-electron chi connectivity index (χ1n) is 7.56. The number of hydrogen-bond donors (Lipinski definition) is 1. The molecule has 2 aromatic heterocycles. The molecular weight excluding hydrogens is 260 g/mol. The lowest BCUT2D eigenvalue weighted by atomic mass is 10.1. The van der Waals surface area contributed by atoms with E-state index in [-0.39, 0.29) is 0 Å². The number of rotatable bonds is 4. The number of nitrogens with zero attached hydrogens (tertiary/aromatic N) is 3. The van der Waals surface area contributed by atoms with Gasteiger partial charge in [0.25, 0.3) is 0 Å². The predicted octanol–water partition coefficient (Wildman–Crippen LogP) is 3.16. The molecule has 0 aliphatic carbocycles. The Labute approximate surface area is 126 Å². The minimum Gasteiger partial charge on any atom is -0.373 e. The molecule has 110 valence electrons. The van der Waals surface area contributed by atoms with Crippen molar-refractivity contribution in [3.63, 3.8) is 0 Å². The fourth-order valence-corrected chi connectivity index (χ4v) is 3.08.